The minimum Gasteiger partial charge on any atom is -0.483 e. The van der Waals surface area contributed by atoms with E-state index in [-0.39, 0.29) is 16.6 Å². The van der Waals surface area contributed by atoms with Gasteiger partial charge in [0.1, 0.15) is 24.2 Å². The molecular formula is C18H26N2O5Si. The van der Waals surface area contributed by atoms with Crippen molar-refractivity contribution < 1.29 is 19.6 Å². The fraction of sp³-hybridized carbons (Fsp3) is 0.500. The van der Waals surface area contributed by atoms with Gasteiger partial charge in [0.2, 0.25) is 0 Å². The topological polar surface area (TPSA) is 106 Å². The van der Waals surface area contributed by atoms with Gasteiger partial charge in [-0.25, -0.2) is 0 Å². The van der Waals surface area contributed by atoms with E-state index in [1.807, 2.05) is 26.9 Å². The molecule has 2 heterocycles. The molecule has 1 aromatic rings. The van der Waals surface area contributed by atoms with Gasteiger partial charge in [-0.05, 0) is 42.8 Å². The van der Waals surface area contributed by atoms with Crippen LogP contribution in [0.25, 0.3) is 5.76 Å². The van der Waals surface area contributed by atoms with Crippen molar-refractivity contribution in [1.29, 1.82) is 0 Å². The first kappa shape index (κ1) is 20.3. The van der Waals surface area contributed by atoms with E-state index >= 15 is 0 Å². The van der Waals surface area contributed by atoms with Gasteiger partial charge >= 0.3 is 0 Å². The van der Waals surface area contributed by atoms with E-state index in [4.69, 9.17) is 4.74 Å². The Hall–Kier alpha value is -2.03. The highest BCUT2D eigenvalue weighted by atomic mass is 28.4. The molecule has 0 amide bonds. The number of nitro groups is 1. The van der Waals surface area contributed by atoms with Crippen molar-refractivity contribution in [2.24, 2.45) is 5.92 Å². The lowest BCUT2D eigenvalue weighted by Gasteiger charge is -2.41. The zero-order valence-corrected chi connectivity index (χ0v) is 16.5. The second-order valence-electron chi connectivity index (χ2n) is 7.80. The quantitative estimate of drug-likeness (QED) is 0.341. The molecule has 0 aromatic carbocycles. The first-order valence-corrected chi connectivity index (χ1v) is 11.4. The molecular weight excluding hydrogens is 352 g/mol. The van der Waals surface area contributed by atoms with Gasteiger partial charge in [-0.2, -0.15) is 0 Å². The number of nitrogens with zero attached hydrogens (tertiary/aromatic N) is 2. The highest BCUT2D eigenvalue weighted by molar-refractivity contribution is 6.72. The first-order chi connectivity index (χ1) is 12.0. The summed E-state index contributed by atoms with van der Waals surface area (Å²) in [7, 11) is -2.49. The monoisotopic (exact) mass is 378 g/mol. The van der Waals surface area contributed by atoms with E-state index < -0.39 is 25.4 Å². The lowest BCUT2D eigenvalue weighted by molar-refractivity contribution is -0.385. The number of pyridine rings is 1. The van der Waals surface area contributed by atoms with Gasteiger partial charge in [-0.15, -0.1) is 0 Å². The maximum Gasteiger partial charge on any atom is 0.298 e. The Balaban J connectivity index is 2.47. The van der Waals surface area contributed by atoms with Crippen LogP contribution in [0.3, 0.4) is 0 Å². The van der Waals surface area contributed by atoms with E-state index in [0.717, 1.165) is 0 Å². The zero-order valence-electron chi connectivity index (χ0n) is 15.5. The van der Waals surface area contributed by atoms with Crippen molar-refractivity contribution in [3.8, 4) is 0 Å². The third-order valence-corrected chi connectivity index (χ3v) is 8.82. The van der Waals surface area contributed by atoms with Crippen LogP contribution in [-0.2, 0) is 4.74 Å². The summed E-state index contributed by atoms with van der Waals surface area (Å²) in [5, 5.41) is 21.6. The largest absolute Gasteiger partial charge is 0.483 e. The molecule has 26 heavy (non-hydrogen) atoms. The smallest absolute Gasteiger partial charge is 0.298 e. The summed E-state index contributed by atoms with van der Waals surface area (Å²) in [5.74, 6) is -0.00374. The fourth-order valence-electron chi connectivity index (χ4n) is 2.89. The molecule has 0 unspecified atom stereocenters. The Bertz CT molecular complexity index is 727. The third kappa shape index (κ3) is 4.03. The standard InChI is InChI=1S/C18H26N2O5Si/c1-6-15-17(21)12(10-18(2,3)26(4,5)24)9-16(25-15)13-7-8-19-11-14(13)20(22)23/h6-9,11-12,15,17,21,24H,1,10H2,2-5H3/t12-,15+,17-/m0/s1. The van der Waals surface area contributed by atoms with Gasteiger partial charge in [0.15, 0.2) is 8.32 Å². The summed E-state index contributed by atoms with van der Waals surface area (Å²) in [6, 6.07) is 1.52. The number of ether oxygens (including phenoxy) is 1. The van der Waals surface area contributed by atoms with Crippen molar-refractivity contribution in [1.82, 2.24) is 4.98 Å². The molecule has 2 rings (SSSR count). The van der Waals surface area contributed by atoms with Crippen molar-refractivity contribution >= 4 is 19.8 Å². The summed E-state index contributed by atoms with van der Waals surface area (Å²) >= 11 is 0. The van der Waals surface area contributed by atoms with Crippen LogP contribution >= 0.6 is 0 Å². The molecule has 0 bridgehead atoms. The highest BCUT2D eigenvalue weighted by Gasteiger charge is 2.43. The van der Waals surface area contributed by atoms with Gasteiger partial charge in [0.05, 0.1) is 10.5 Å². The Morgan fingerprint density at radius 2 is 2.15 bits per heavy atom. The Morgan fingerprint density at radius 1 is 1.50 bits per heavy atom. The Kier molecular flexibility index (Phi) is 5.69. The molecule has 7 nitrogen and oxygen atoms in total. The van der Waals surface area contributed by atoms with Gasteiger partial charge in [0, 0.05) is 12.1 Å². The molecule has 1 aliphatic rings. The molecule has 0 spiro atoms. The molecule has 2 N–H and O–H groups in total. The second kappa shape index (κ2) is 7.30. The molecule has 1 aliphatic heterocycles. The van der Waals surface area contributed by atoms with Crippen LogP contribution in [0.5, 0.6) is 0 Å². The molecule has 0 saturated carbocycles. The molecule has 0 aliphatic carbocycles. The molecule has 1 aromatic heterocycles. The van der Waals surface area contributed by atoms with Crippen molar-refractivity contribution in [2.45, 2.75) is 50.6 Å². The van der Waals surface area contributed by atoms with E-state index in [0.29, 0.717) is 17.7 Å². The summed E-state index contributed by atoms with van der Waals surface area (Å²) in [4.78, 5) is 25.2. The highest BCUT2D eigenvalue weighted by Crippen LogP contribution is 2.45. The number of aliphatic hydroxyl groups excluding tert-OH is 1. The fourth-order valence-corrected chi connectivity index (χ4v) is 3.63. The molecule has 0 saturated heterocycles. The number of aliphatic hydroxyl groups is 1. The minimum absolute atomic E-state index is 0.159. The molecule has 0 radical (unpaired) electrons. The Labute approximate surface area is 154 Å². The second-order valence-corrected chi connectivity index (χ2v) is 12.3. The average molecular weight is 379 g/mol. The van der Waals surface area contributed by atoms with Crippen LogP contribution < -0.4 is 0 Å². The van der Waals surface area contributed by atoms with E-state index in [1.165, 1.54) is 24.5 Å². The van der Waals surface area contributed by atoms with Gasteiger partial charge < -0.3 is 14.6 Å². The lowest BCUT2D eigenvalue weighted by Crippen LogP contribution is -2.44. The van der Waals surface area contributed by atoms with E-state index in [2.05, 4.69) is 11.6 Å². The maximum atomic E-state index is 11.3. The molecule has 3 atom stereocenters. The average Bonchev–Trinajstić information content (AvgIpc) is 2.55. The molecule has 0 fully saturated rings. The van der Waals surface area contributed by atoms with Crippen LogP contribution in [0, 0.1) is 16.0 Å². The van der Waals surface area contributed by atoms with Crippen LogP contribution in [0.2, 0.25) is 18.1 Å². The third-order valence-electron chi connectivity index (χ3n) is 5.30. The summed E-state index contributed by atoms with van der Waals surface area (Å²) in [6.07, 6.45) is 4.85. The van der Waals surface area contributed by atoms with E-state index in [9.17, 15) is 20.0 Å². The van der Waals surface area contributed by atoms with Gasteiger partial charge in [0.25, 0.3) is 5.69 Å². The summed E-state index contributed by atoms with van der Waals surface area (Å²) in [5.41, 5.74) is 0.153. The van der Waals surface area contributed by atoms with Crippen LogP contribution in [0.1, 0.15) is 25.8 Å². The number of aromatic nitrogens is 1. The maximum absolute atomic E-state index is 11.3. The van der Waals surface area contributed by atoms with E-state index in [1.54, 1.807) is 6.08 Å². The van der Waals surface area contributed by atoms with Crippen LogP contribution in [-0.4, -0.2) is 40.3 Å². The van der Waals surface area contributed by atoms with Crippen molar-refractivity contribution in [3.05, 3.63) is 52.9 Å². The number of hydrogen-bond donors (Lipinski definition) is 2. The number of rotatable bonds is 6. The zero-order chi connectivity index (χ0) is 19.7. The van der Waals surface area contributed by atoms with Gasteiger partial charge in [-0.1, -0.05) is 20.4 Å². The minimum atomic E-state index is -2.49. The number of hydrogen-bond acceptors (Lipinski definition) is 6. The van der Waals surface area contributed by atoms with Crippen molar-refractivity contribution in [3.63, 3.8) is 0 Å². The molecule has 8 heteroatoms. The van der Waals surface area contributed by atoms with Crippen molar-refractivity contribution in [2.75, 3.05) is 0 Å². The van der Waals surface area contributed by atoms with Crippen LogP contribution in [0.4, 0.5) is 5.69 Å². The molecule has 142 valence electrons. The van der Waals surface area contributed by atoms with Gasteiger partial charge in [-0.3, -0.25) is 15.1 Å². The lowest BCUT2D eigenvalue weighted by atomic mass is 9.85. The summed E-state index contributed by atoms with van der Waals surface area (Å²) in [6.45, 7) is 11.4. The first-order valence-electron chi connectivity index (χ1n) is 8.48. The normalized spacial score (nSPS) is 23.8. The Morgan fingerprint density at radius 3 is 2.69 bits per heavy atom. The predicted molar refractivity (Wildman–Crippen MR) is 102 cm³/mol. The SMILES string of the molecule is C=C[C@H]1OC(c2ccncc2[N+](=O)[O-])=C[C@@H](CC(C)(C)[Si](C)(C)O)[C@@H]1O. The van der Waals surface area contributed by atoms with Crippen LogP contribution in [0.15, 0.2) is 37.2 Å². The summed E-state index contributed by atoms with van der Waals surface area (Å²) < 4.78 is 5.76. The predicted octanol–water partition coefficient (Wildman–Crippen LogP) is 3.26.